The van der Waals surface area contributed by atoms with Crippen LogP contribution in [0, 0.1) is 79.6 Å². The molecule has 0 unspecified atom stereocenters. The summed E-state index contributed by atoms with van der Waals surface area (Å²) in [5, 5.41) is 37.3. The normalized spacial score (nSPS) is 10.1. The van der Waals surface area contributed by atoms with Crippen molar-refractivity contribution >= 4 is 131 Å². The largest absolute Gasteiger partial charge is 0.497 e. The van der Waals surface area contributed by atoms with Crippen molar-refractivity contribution in [1.29, 1.82) is 5.26 Å². The van der Waals surface area contributed by atoms with Gasteiger partial charge < -0.3 is 53.1 Å². The zero-order chi connectivity index (χ0) is 104. The fourth-order valence-corrected chi connectivity index (χ4v) is 13.3. The van der Waals surface area contributed by atoms with E-state index in [4.69, 9.17) is 54.6 Å². The second-order valence-electron chi connectivity index (χ2n) is 31.4. The number of aromatic nitrogens is 1. The topological polar surface area (TPSA) is 425 Å². The number of carbonyl (C=O) groups is 7. The molecule has 0 bridgehead atoms. The van der Waals surface area contributed by atoms with Gasteiger partial charge in [0.25, 0.3) is 0 Å². The number of ether oxygens (including phenoxy) is 8. The molecule has 0 atom stereocenters. The molecule has 11 aromatic carbocycles. The summed E-state index contributed by atoms with van der Waals surface area (Å²) in [5.74, 6) is 1.59. The first-order chi connectivity index (χ1) is 67.3. The highest BCUT2D eigenvalue weighted by molar-refractivity contribution is 7.89. The van der Waals surface area contributed by atoms with Crippen molar-refractivity contribution in [2.75, 3.05) is 116 Å². The van der Waals surface area contributed by atoms with E-state index in [1.807, 2.05) is 302 Å². The number of nitrogens with zero attached hydrogens (tertiary/aromatic N) is 2. The van der Waals surface area contributed by atoms with Gasteiger partial charge in [0.2, 0.25) is 20.0 Å². The molecule has 0 radical (unpaired) electrons. The van der Waals surface area contributed by atoms with Crippen molar-refractivity contribution in [2.24, 2.45) is 11.1 Å². The van der Waals surface area contributed by atoms with Gasteiger partial charge in [-0.25, -0.2) is 60.3 Å². The van der Waals surface area contributed by atoms with Crippen molar-refractivity contribution in [3.63, 3.8) is 0 Å². The molecule has 752 valence electrons. The van der Waals surface area contributed by atoms with Gasteiger partial charge in [0.1, 0.15) is 25.0 Å². The summed E-state index contributed by atoms with van der Waals surface area (Å²) in [6.45, 7) is 34.0. The SMILES string of the molecule is C=CCOC(=O)Nc1cccc(C)c1.CCCOC(=O)Nc1cccc(C)c1.CCOC(=O)Nc1cccc(C)c1.CCn1c(-c2cccc(NC(=O)Nc3cccc(C)c3)c2)c(C#N)c2ccc(OC)cc21.CNS(=O)(=O)c1ccc(C)cc1.COCCOC(=O)Nc1cccc(C)c1.Cc1ccc(S(N)(=O)=O)cc1.Cc1cccc(NC(=O)OCC(C)C)c1.Cc1cccc(NC(=O)OCCCCl)c1. The maximum Gasteiger partial charge on any atom is 0.411 e. The van der Waals surface area contributed by atoms with Gasteiger partial charge in [0.05, 0.1) is 66.7 Å². The zero-order valence-corrected chi connectivity index (χ0v) is 85.3. The molecule has 0 aliphatic heterocycles. The van der Waals surface area contributed by atoms with Crippen LogP contribution >= 0.6 is 11.6 Å². The number of nitriles is 1. The molecule has 0 saturated carbocycles. The van der Waals surface area contributed by atoms with Crippen LogP contribution < -0.4 is 57.1 Å². The van der Waals surface area contributed by atoms with Gasteiger partial charge >= 0.3 is 42.6 Å². The average Bonchev–Trinajstić information content (AvgIpc) is 1.60. The van der Waals surface area contributed by atoms with Crippen LogP contribution in [0.15, 0.2) is 283 Å². The van der Waals surface area contributed by atoms with Crippen LogP contribution in [-0.4, -0.2) is 137 Å². The molecule has 34 heteroatoms. The molecule has 141 heavy (non-hydrogen) atoms. The summed E-state index contributed by atoms with van der Waals surface area (Å²) in [5.41, 5.74) is 18.8. The lowest BCUT2D eigenvalue weighted by atomic mass is 10.1. The van der Waals surface area contributed by atoms with E-state index in [0.717, 1.165) is 124 Å². The molecule has 0 fully saturated rings. The van der Waals surface area contributed by atoms with Crippen LogP contribution in [0.4, 0.5) is 79.1 Å². The standard InChI is InChI=1S/C26H24N4O2.C12H17NO2.C11H14ClNO2.C11H15NO3.C11H15NO2.C11H13NO2.C10H13NO2.C8H11NO2S.C7H9NO2S/c1-4-30-24-15-21(32-3)11-12-22(24)23(16-27)25(30)18-8-6-10-20(14-18)29-26(31)28-19-9-5-7-17(2)13-19;1-9(2)8-15-12(14)13-11-6-4-5-10(3)7-11;1-9-4-2-5-10(8-9)13-11(14)15-7-3-6-12;1-9-4-3-5-10(8-9)12-11(13)15-7-6-14-2;2*1-3-7-14-11(13)12-10-6-4-5-9(2)8-10;1-3-13-10(12)11-9-6-4-5-8(2)7-9;1-7-3-5-8(6-4-7)12(10,11)9-2;1-6-2-4-7(5-3-6)11(8,9)10/h5-15H,4H2,1-3H3,(H2,28,29,31);4-7,9H,8H2,1-3H3,(H,13,14);2,4-5,8H,3,6-7H2,1H3,(H,13,14);3-5,8H,6-7H2,1-2H3,(H,12,13);4-6,8H,3,7H2,1-2H3,(H,12,13);3-6,8H,1,7H2,2H3,(H,12,13);4-7H,3H2,1-2H3,(H,11,12);3-6,9H,1-2H3;2-5H,1H3,(H2,8,9,10). The van der Waals surface area contributed by atoms with Crippen LogP contribution in [0.1, 0.15) is 103 Å². The first kappa shape index (κ1) is 118. The van der Waals surface area contributed by atoms with Gasteiger partial charge in [-0.2, -0.15) is 5.26 Å². The molecular formula is C107H131ClN12O19S2. The fraction of sp³-hybridized carbons (Fsp3) is 0.271. The van der Waals surface area contributed by atoms with Crippen LogP contribution in [0.25, 0.3) is 22.2 Å². The van der Waals surface area contributed by atoms with Crippen LogP contribution in [0.5, 0.6) is 5.75 Å². The van der Waals surface area contributed by atoms with E-state index < -0.39 is 56.6 Å². The number of methoxy groups -OCH3 is 2. The van der Waals surface area contributed by atoms with E-state index in [1.54, 1.807) is 57.5 Å². The minimum atomic E-state index is -3.52. The third-order valence-electron chi connectivity index (χ3n) is 18.5. The number of sulfonamides is 2. The van der Waals surface area contributed by atoms with Gasteiger partial charge in [0, 0.05) is 82.0 Å². The molecule has 8 amide bonds. The number of halogens is 1. The number of anilines is 8. The molecule has 0 aliphatic rings. The molecule has 0 aliphatic carbocycles. The Balaban J connectivity index is 0.000000339. The molecule has 11 N–H and O–H groups in total. The van der Waals surface area contributed by atoms with Gasteiger partial charge in [0.15, 0.2) is 0 Å². The van der Waals surface area contributed by atoms with E-state index in [2.05, 4.69) is 64.5 Å². The van der Waals surface area contributed by atoms with Crippen LogP contribution in [-0.2, 0) is 59.7 Å². The van der Waals surface area contributed by atoms with E-state index >= 15 is 0 Å². The number of rotatable bonds is 27. The Kier molecular flexibility index (Phi) is 54.5. The highest BCUT2D eigenvalue weighted by Gasteiger charge is 2.20. The number of carbonyl (C=O) groups excluding carboxylic acids is 7. The van der Waals surface area contributed by atoms with Crippen molar-refractivity contribution in [3.8, 4) is 23.1 Å². The summed E-state index contributed by atoms with van der Waals surface area (Å²) in [4.78, 5) is 79.9. The first-order valence-electron chi connectivity index (χ1n) is 44.9. The van der Waals surface area contributed by atoms with E-state index in [0.29, 0.717) is 73.9 Å². The molecular weight excluding hydrogens is 1860 g/mol. The fourth-order valence-electron chi connectivity index (χ4n) is 11.9. The number of hydrogen-bond acceptors (Lipinski definition) is 20. The van der Waals surface area contributed by atoms with Crippen LogP contribution in [0.2, 0.25) is 0 Å². The van der Waals surface area contributed by atoms with Crippen molar-refractivity contribution < 1.29 is 88.3 Å². The van der Waals surface area contributed by atoms with Gasteiger partial charge in [-0.3, -0.25) is 31.9 Å². The minimum absolute atomic E-state index is 0.156. The predicted molar refractivity (Wildman–Crippen MR) is 563 cm³/mol. The van der Waals surface area contributed by atoms with E-state index in [1.165, 1.54) is 25.3 Å². The second-order valence-corrected chi connectivity index (χ2v) is 35.2. The van der Waals surface area contributed by atoms with Crippen molar-refractivity contribution in [3.05, 3.63) is 329 Å². The Morgan fingerprint density at radius 1 is 0.433 bits per heavy atom. The number of hydrogen-bond donors (Lipinski definition) is 10. The molecule has 0 saturated heterocycles. The lowest BCUT2D eigenvalue weighted by Crippen LogP contribution is -2.19. The number of nitrogens with one attached hydrogen (secondary N) is 9. The van der Waals surface area contributed by atoms with Crippen molar-refractivity contribution in [2.45, 2.75) is 126 Å². The number of nitrogens with two attached hydrogens (primary N) is 1. The first-order valence-corrected chi connectivity index (χ1v) is 48.5. The van der Waals surface area contributed by atoms with Gasteiger partial charge in [-0.1, -0.05) is 166 Å². The number of urea groups is 1. The number of amides is 8. The lowest BCUT2D eigenvalue weighted by molar-refractivity contribution is 0.107. The summed E-state index contributed by atoms with van der Waals surface area (Å²) < 4.78 is 87.5. The second kappa shape index (κ2) is 64.9. The molecule has 12 rings (SSSR count). The Labute approximate surface area is 833 Å². The lowest BCUT2D eigenvalue weighted by Gasteiger charge is -2.12. The van der Waals surface area contributed by atoms with E-state index in [9.17, 15) is 55.7 Å². The molecule has 12 aromatic rings. The monoisotopic (exact) mass is 1990 g/mol. The predicted octanol–water partition coefficient (Wildman–Crippen LogP) is 24.5. The number of fused-ring (bicyclic) bond motifs is 1. The molecule has 0 spiro atoms. The summed E-state index contributed by atoms with van der Waals surface area (Å²) in [7, 11) is -2.20. The molecule has 1 aromatic heterocycles. The zero-order valence-electron chi connectivity index (χ0n) is 82.9. The minimum Gasteiger partial charge on any atom is -0.497 e. The number of benzene rings is 11. The van der Waals surface area contributed by atoms with Gasteiger partial charge in [-0.15, -0.1) is 11.6 Å². The van der Waals surface area contributed by atoms with E-state index in [-0.39, 0.29) is 24.1 Å². The highest BCUT2D eigenvalue weighted by Crippen LogP contribution is 2.37. The third kappa shape index (κ3) is 48.7. The Morgan fingerprint density at radius 2 is 0.787 bits per heavy atom. The summed E-state index contributed by atoms with van der Waals surface area (Å²) in [6.07, 6.45) is 0.471. The third-order valence-corrected chi connectivity index (χ3v) is 21.2. The van der Waals surface area contributed by atoms with Crippen molar-refractivity contribution in [1.82, 2.24) is 9.29 Å². The Hall–Kier alpha value is -15.1. The number of aryl methyl sites for hydroxylation is 10. The quantitative estimate of drug-likeness (QED) is 0.00989. The smallest absolute Gasteiger partial charge is 0.411 e. The van der Waals surface area contributed by atoms with Gasteiger partial charge in [-0.05, 0) is 274 Å². The maximum absolute atomic E-state index is 12.5. The number of alkyl halides is 1. The Morgan fingerprint density at radius 3 is 1.12 bits per heavy atom. The van der Waals surface area contributed by atoms with Crippen LogP contribution in [0.3, 0.4) is 0 Å². The maximum atomic E-state index is 12.5. The summed E-state index contributed by atoms with van der Waals surface area (Å²) >= 11 is 5.45. The molecule has 1 heterocycles. The Bertz CT molecular complexity index is 6170. The molecule has 31 nitrogen and oxygen atoms in total. The number of primary sulfonamides is 1. The average molecular weight is 1990 g/mol. The highest BCUT2D eigenvalue weighted by atomic mass is 35.5. The summed E-state index contributed by atoms with van der Waals surface area (Å²) in [6, 6.07) is 81.3.